The second-order valence-corrected chi connectivity index (χ2v) is 4.03. The van der Waals surface area contributed by atoms with Crippen molar-refractivity contribution < 1.29 is 4.79 Å². The van der Waals surface area contributed by atoms with Crippen LogP contribution in [-0.2, 0) is 0 Å². The van der Waals surface area contributed by atoms with Crippen molar-refractivity contribution in [2.75, 3.05) is 18.0 Å². The van der Waals surface area contributed by atoms with Gasteiger partial charge in [0.1, 0.15) is 0 Å². The highest BCUT2D eigenvalue weighted by molar-refractivity contribution is 9.10. The fourth-order valence-electron chi connectivity index (χ4n) is 1.26. The van der Waals surface area contributed by atoms with E-state index in [1.54, 1.807) is 0 Å². The fraction of sp³-hybridized carbons (Fsp3) is 0.300. The lowest BCUT2D eigenvalue weighted by atomic mass is 10.3. The molecule has 1 aromatic carbocycles. The van der Waals surface area contributed by atoms with E-state index in [9.17, 15) is 4.79 Å². The van der Waals surface area contributed by atoms with Crippen molar-refractivity contribution in [2.45, 2.75) is 6.42 Å². The normalized spacial score (nSPS) is 10.0. The highest BCUT2D eigenvalue weighted by Gasteiger charge is 2.11. The number of hydrogen-bond acceptors (Lipinski definition) is 2. The molecule has 0 aliphatic rings. The first-order chi connectivity index (χ1) is 7.15. The molecule has 1 rings (SSSR count). The predicted molar refractivity (Wildman–Crippen MR) is 64.7 cm³/mol. The Hall–Kier alpha value is -1.07. The van der Waals surface area contributed by atoms with Gasteiger partial charge in [0.15, 0.2) is 0 Å². The molecule has 0 heterocycles. The molecule has 1 aromatic rings. The lowest BCUT2D eigenvalue weighted by Crippen LogP contribution is -2.37. The molecule has 4 nitrogen and oxygen atoms in total. The Kier molecular flexibility index (Phi) is 4.58. The summed E-state index contributed by atoms with van der Waals surface area (Å²) in [5.41, 5.74) is 11.5. The van der Waals surface area contributed by atoms with E-state index in [2.05, 4.69) is 15.9 Å². The van der Waals surface area contributed by atoms with Crippen molar-refractivity contribution >= 4 is 27.6 Å². The Bertz CT molecular complexity index is 343. The number of primary amides is 1. The summed E-state index contributed by atoms with van der Waals surface area (Å²) in [4.78, 5) is 12.7. The molecular formula is C10H14BrN3O. The van der Waals surface area contributed by atoms with Gasteiger partial charge >= 0.3 is 6.03 Å². The standard InChI is InChI=1S/C10H14BrN3O/c11-8-3-1-4-9(7-8)14(10(13)15)6-2-5-12/h1,3-4,7H,2,5-6,12H2,(H2,13,15). The molecule has 5 heteroatoms. The van der Waals surface area contributed by atoms with E-state index in [1.165, 1.54) is 4.90 Å². The molecule has 0 atom stereocenters. The molecule has 0 unspecified atom stereocenters. The highest BCUT2D eigenvalue weighted by Crippen LogP contribution is 2.19. The summed E-state index contributed by atoms with van der Waals surface area (Å²) in [6, 6.07) is 6.98. The maximum atomic E-state index is 11.2. The molecule has 0 aromatic heterocycles. The van der Waals surface area contributed by atoms with Crippen LogP contribution in [-0.4, -0.2) is 19.1 Å². The number of amides is 2. The molecule has 0 bridgehead atoms. The van der Waals surface area contributed by atoms with Crippen molar-refractivity contribution in [1.82, 2.24) is 0 Å². The maximum Gasteiger partial charge on any atom is 0.319 e. The first kappa shape index (κ1) is 12.0. The zero-order chi connectivity index (χ0) is 11.3. The molecular weight excluding hydrogens is 258 g/mol. The number of benzene rings is 1. The number of carbonyl (C=O) groups excluding carboxylic acids is 1. The van der Waals surface area contributed by atoms with Gasteiger partial charge < -0.3 is 11.5 Å². The van der Waals surface area contributed by atoms with Crippen molar-refractivity contribution in [2.24, 2.45) is 11.5 Å². The lowest BCUT2D eigenvalue weighted by molar-refractivity contribution is 0.254. The molecule has 0 aliphatic carbocycles. The molecule has 0 aliphatic heterocycles. The Morgan fingerprint density at radius 3 is 2.73 bits per heavy atom. The van der Waals surface area contributed by atoms with Crippen LogP contribution in [0.1, 0.15) is 6.42 Å². The Labute approximate surface area is 97.4 Å². The third-order valence-corrected chi connectivity index (χ3v) is 2.47. The zero-order valence-electron chi connectivity index (χ0n) is 8.32. The Morgan fingerprint density at radius 1 is 1.47 bits per heavy atom. The van der Waals surface area contributed by atoms with Crippen molar-refractivity contribution in [3.63, 3.8) is 0 Å². The Morgan fingerprint density at radius 2 is 2.20 bits per heavy atom. The van der Waals surface area contributed by atoms with Crippen LogP contribution < -0.4 is 16.4 Å². The summed E-state index contributed by atoms with van der Waals surface area (Å²) in [7, 11) is 0. The first-order valence-corrected chi connectivity index (χ1v) is 5.47. The monoisotopic (exact) mass is 271 g/mol. The van der Waals surface area contributed by atoms with Crippen LogP contribution in [0.3, 0.4) is 0 Å². The minimum atomic E-state index is -0.457. The zero-order valence-corrected chi connectivity index (χ0v) is 9.90. The minimum Gasteiger partial charge on any atom is -0.351 e. The van der Waals surface area contributed by atoms with Crippen LogP contribution in [0.5, 0.6) is 0 Å². The number of nitrogens with zero attached hydrogens (tertiary/aromatic N) is 1. The van der Waals surface area contributed by atoms with Crippen LogP contribution in [0.4, 0.5) is 10.5 Å². The SMILES string of the molecule is NCCCN(C(N)=O)c1cccc(Br)c1. The van der Waals surface area contributed by atoms with Crippen LogP contribution in [0, 0.1) is 0 Å². The third-order valence-electron chi connectivity index (χ3n) is 1.97. The summed E-state index contributed by atoms with van der Waals surface area (Å²) >= 11 is 3.34. The van der Waals surface area contributed by atoms with Gasteiger partial charge in [-0.25, -0.2) is 4.79 Å². The molecule has 0 saturated heterocycles. The first-order valence-electron chi connectivity index (χ1n) is 4.67. The van der Waals surface area contributed by atoms with Crippen LogP contribution in [0.25, 0.3) is 0 Å². The minimum absolute atomic E-state index is 0.457. The number of halogens is 1. The van der Waals surface area contributed by atoms with Gasteiger partial charge in [-0.15, -0.1) is 0 Å². The summed E-state index contributed by atoms with van der Waals surface area (Å²) < 4.78 is 0.916. The molecule has 82 valence electrons. The van der Waals surface area contributed by atoms with E-state index in [-0.39, 0.29) is 0 Å². The quantitative estimate of drug-likeness (QED) is 0.875. The maximum absolute atomic E-state index is 11.2. The van der Waals surface area contributed by atoms with E-state index in [1.807, 2.05) is 24.3 Å². The topological polar surface area (TPSA) is 72.3 Å². The van der Waals surface area contributed by atoms with Gasteiger partial charge in [-0.3, -0.25) is 4.90 Å². The van der Waals surface area contributed by atoms with Gasteiger partial charge in [0.2, 0.25) is 0 Å². The van der Waals surface area contributed by atoms with Crippen molar-refractivity contribution in [1.29, 1.82) is 0 Å². The van der Waals surface area contributed by atoms with Crippen LogP contribution in [0.2, 0.25) is 0 Å². The van der Waals surface area contributed by atoms with Crippen molar-refractivity contribution in [3.8, 4) is 0 Å². The molecule has 0 spiro atoms. The van der Waals surface area contributed by atoms with Gasteiger partial charge in [0, 0.05) is 16.7 Å². The summed E-state index contributed by atoms with van der Waals surface area (Å²) in [5.74, 6) is 0. The molecule has 0 saturated carbocycles. The predicted octanol–water partition coefficient (Wildman–Crippen LogP) is 1.68. The summed E-state index contributed by atoms with van der Waals surface area (Å²) in [5, 5.41) is 0. The van der Waals surface area contributed by atoms with Gasteiger partial charge in [-0.05, 0) is 31.2 Å². The molecule has 0 fully saturated rings. The second-order valence-electron chi connectivity index (χ2n) is 3.11. The lowest BCUT2D eigenvalue weighted by Gasteiger charge is -2.20. The summed E-state index contributed by atoms with van der Waals surface area (Å²) in [6.07, 6.45) is 0.732. The van der Waals surface area contributed by atoms with Gasteiger partial charge in [-0.2, -0.15) is 0 Å². The number of hydrogen-bond donors (Lipinski definition) is 2. The highest BCUT2D eigenvalue weighted by atomic mass is 79.9. The van der Waals surface area contributed by atoms with Gasteiger partial charge in [0.25, 0.3) is 0 Å². The average Bonchev–Trinajstić information content (AvgIpc) is 2.18. The largest absolute Gasteiger partial charge is 0.351 e. The van der Waals surface area contributed by atoms with Gasteiger partial charge in [-0.1, -0.05) is 22.0 Å². The van der Waals surface area contributed by atoms with E-state index in [0.717, 1.165) is 16.6 Å². The third kappa shape index (κ3) is 3.53. The van der Waals surface area contributed by atoms with Crippen LogP contribution >= 0.6 is 15.9 Å². The van der Waals surface area contributed by atoms with Gasteiger partial charge in [0.05, 0.1) is 0 Å². The van der Waals surface area contributed by atoms with E-state index >= 15 is 0 Å². The average molecular weight is 272 g/mol. The second kappa shape index (κ2) is 5.72. The van der Waals surface area contributed by atoms with Crippen LogP contribution in [0.15, 0.2) is 28.7 Å². The fourth-order valence-corrected chi connectivity index (χ4v) is 1.65. The number of carbonyl (C=O) groups is 1. The number of urea groups is 1. The molecule has 2 amide bonds. The van der Waals surface area contributed by atoms with E-state index in [0.29, 0.717) is 13.1 Å². The van der Waals surface area contributed by atoms with Crippen molar-refractivity contribution in [3.05, 3.63) is 28.7 Å². The molecule has 0 radical (unpaired) electrons. The molecule has 15 heavy (non-hydrogen) atoms. The number of rotatable bonds is 4. The Balaban J connectivity index is 2.84. The molecule has 4 N–H and O–H groups in total. The van der Waals surface area contributed by atoms with E-state index in [4.69, 9.17) is 11.5 Å². The van der Waals surface area contributed by atoms with E-state index < -0.39 is 6.03 Å². The summed E-state index contributed by atoms with van der Waals surface area (Å²) in [6.45, 7) is 1.08. The number of anilines is 1. The number of nitrogens with two attached hydrogens (primary N) is 2. The smallest absolute Gasteiger partial charge is 0.319 e.